The van der Waals surface area contributed by atoms with Crippen molar-refractivity contribution < 1.29 is 4.74 Å². The highest BCUT2D eigenvalue weighted by atomic mass is 16.5. The first-order valence-corrected chi connectivity index (χ1v) is 5.79. The Morgan fingerprint density at radius 2 is 1.73 bits per heavy atom. The van der Waals surface area contributed by atoms with Crippen molar-refractivity contribution in [2.24, 2.45) is 0 Å². The third-order valence-corrected chi connectivity index (χ3v) is 2.83. The van der Waals surface area contributed by atoms with Crippen molar-refractivity contribution >= 4 is 0 Å². The van der Waals surface area contributed by atoms with Gasteiger partial charge in [0.25, 0.3) is 0 Å². The molecule has 0 N–H and O–H groups in total. The van der Waals surface area contributed by atoms with Crippen LogP contribution in [0.15, 0.2) is 30.3 Å². The van der Waals surface area contributed by atoms with Crippen LogP contribution in [0.4, 0.5) is 0 Å². The molecular weight excluding hydrogens is 186 g/mol. The number of ether oxygens (including phenoxy) is 1. The highest BCUT2D eigenvalue weighted by Gasteiger charge is 2.09. The topological polar surface area (TPSA) is 12.5 Å². The molecule has 0 unspecified atom stereocenters. The Morgan fingerprint density at radius 1 is 1.00 bits per heavy atom. The Bertz CT molecular complexity index is 267. The maximum Gasteiger partial charge on any atom is 0.0994 e. The van der Waals surface area contributed by atoms with E-state index in [0.717, 1.165) is 13.3 Å². The first-order valence-electron chi connectivity index (χ1n) is 5.79. The van der Waals surface area contributed by atoms with Gasteiger partial charge in [0.2, 0.25) is 0 Å². The Balaban J connectivity index is 1.66. The van der Waals surface area contributed by atoms with E-state index in [0.29, 0.717) is 0 Å². The van der Waals surface area contributed by atoms with Gasteiger partial charge in [-0.05, 0) is 18.4 Å². The zero-order valence-electron chi connectivity index (χ0n) is 9.19. The Labute approximate surface area is 91.9 Å². The van der Waals surface area contributed by atoms with Crippen LogP contribution in [0, 0.1) is 0 Å². The number of nitrogens with zero attached hydrogens (tertiary/aromatic N) is 1. The fourth-order valence-electron chi connectivity index (χ4n) is 1.96. The lowest BCUT2D eigenvalue weighted by molar-refractivity contribution is 0.00975. The van der Waals surface area contributed by atoms with E-state index >= 15 is 0 Å². The number of piperidine rings is 1. The molecule has 0 bridgehead atoms. The van der Waals surface area contributed by atoms with E-state index in [9.17, 15) is 0 Å². The standard InChI is InChI=1S/C13H19NO/c1-3-7-13(8-4-1)11-15-12-14-9-5-2-6-10-14/h1,3-4,7-8H,2,5-6,9-12H2. The Kier molecular flexibility index (Phi) is 4.18. The van der Waals surface area contributed by atoms with Crippen molar-refractivity contribution in [1.82, 2.24) is 4.90 Å². The monoisotopic (exact) mass is 205 g/mol. The predicted octanol–water partition coefficient (Wildman–Crippen LogP) is 2.65. The summed E-state index contributed by atoms with van der Waals surface area (Å²) in [5.74, 6) is 0. The van der Waals surface area contributed by atoms with Gasteiger partial charge in [-0.2, -0.15) is 0 Å². The summed E-state index contributed by atoms with van der Waals surface area (Å²) in [5, 5.41) is 0. The van der Waals surface area contributed by atoms with Crippen molar-refractivity contribution in [2.75, 3.05) is 19.8 Å². The van der Waals surface area contributed by atoms with E-state index in [-0.39, 0.29) is 0 Å². The molecule has 1 saturated heterocycles. The summed E-state index contributed by atoms with van der Waals surface area (Å²) in [6, 6.07) is 10.4. The molecule has 0 spiro atoms. The van der Waals surface area contributed by atoms with Crippen LogP contribution in [0.1, 0.15) is 24.8 Å². The normalized spacial score (nSPS) is 17.9. The van der Waals surface area contributed by atoms with Gasteiger partial charge in [0, 0.05) is 13.1 Å². The average Bonchev–Trinajstić information content (AvgIpc) is 2.32. The largest absolute Gasteiger partial charge is 0.361 e. The van der Waals surface area contributed by atoms with Crippen LogP contribution in [-0.2, 0) is 11.3 Å². The van der Waals surface area contributed by atoms with Gasteiger partial charge in [-0.3, -0.25) is 4.90 Å². The number of hydrogen-bond acceptors (Lipinski definition) is 2. The molecule has 0 aromatic heterocycles. The average molecular weight is 205 g/mol. The van der Waals surface area contributed by atoms with Gasteiger partial charge in [-0.25, -0.2) is 0 Å². The van der Waals surface area contributed by atoms with Crippen LogP contribution in [0.3, 0.4) is 0 Å². The molecule has 82 valence electrons. The van der Waals surface area contributed by atoms with Crippen molar-refractivity contribution in [3.05, 3.63) is 35.9 Å². The van der Waals surface area contributed by atoms with Crippen molar-refractivity contribution in [3.63, 3.8) is 0 Å². The van der Waals surface area contributed by atoms with E-state index < -0.39 is 0 Å². The molecule has 1 heterocycles. The highest BCUT2D eigenvalue weighted by molar-refractivity contribution is 5.13. The molecule has 1 aliphatic heterocycles. The zero-order valence-corrected chi connectivity index (χ0v) is 9.19. The van der Waals surface area contributed by atoms with Gasteiger partial charge in [0.15, 0.2) is 0 Å². The SMILES string of the molecule is c1ccc(COCN2CCCCC2)cc1. The van der Waals surface area contributed by atoms with Gasteiger partial charge < -0.3 is 4.74 Å². The molecule has 2 heteroatoms. The minimum atomic E-state index is 0.733. The second-order valence-electron chi connectivity index (χ2n) is 4.14. The maximum absolute atomic E-state index is 5.69. The lowest BCUT2D eigenvalue weighted by Crippen LogP contribution is -2.31. The third-order valence-electron chi connectivity index (χ3n) is 2.83. The van der Waals surface area contributed by atoms with Crippen LogP contribution in [-0.4, -0.2) is 24.7 Å². The molecule has 15 heavy (non-hydrogen) atoms. The fourth-order valence-corrected chi connectivity index (χ4v) is 1.96. The summed E-state index contributed by atoms with van der Waals surface area (Å²) < 4.78 is 5.69. The molecule has 2 nitrogen and oxygen atoms in total. The van der Waals surface area contributed by atoms with Gasteiger partial charge in [0.05, 0.1) is 13.3 Å². The smallest absolute Gasteiger partial charge is 0.0994 e. The van der Waals surface area contributed by atoms with E-state index in [2.05, 4.69) is 29.2 Å². The molecule has 0 aliphatic carbocycles. The van der Waals surface area contributed by atoms with Gasteiger partial charge in [-0.1, -0.05) is 36.8 Å². The highest BCUT2D eigenvalue weighted by Crippen LogP contribution is 2.09. The molecule has 1 aliphatic rings. The second-order valence-corrected chi connectivity index (χ2v) is 4.14. The summed E-state index contributed by atoms with van der Waals surface area (Å²) in [7, 11) is 0. The van der Waals surface area contributed by atoms with Crippen LogP contribution in [0.25, 0.3) is 0 Å². The third kappa shape index (κ3) is 3.65. The van der Waals surface area contributed by atoms with Gasteiger partial charge >= 0.3 is 0 Å². The predicted molar refractivity (Wildman–Crippen MR) is 61.5 cm³/mol. The molecule has 0 amide bonds. The molecule has 2 rings (SSSR count). The van der Waals surface area contributed by atoms with Crippen LogP contribution in [0.2, 0.25) is 0 Å². The summed E-state index contributed by atoms with van der Waals surface area (Å²) in [4.78, 5) is 2.40. The first-order chi connectivity index (χ1) is 7.45. The van der Waals surface area contributed by atoms with E-state index in [1.807, 2.05) is 6.07 Å². The van der Waals surface area contributed by atoms with Crippen molar-refractivity contribution in [1.29, 1.82) is 0 Å². The summed E-state index contributed by atoms with van der Waals surface area (Å²) in [6.45, 7) is 3.93. The van der Waals surface area contributed by atoms with Crippen LogP contribution < -0.4 is 0 Å². The lowest BCUT2D eigenvalue weighted by Gasteiger charge is -2.25. The molecule has 0 saturated carbocycles. The van der Waals surface area contributed by atoms with E-state index in [1.165, 1.54) is 37.9 Å². The molecule has 1 aromatic carbocycles. The van der Waals surface area contributed by atoms with E-state index in [1.54, 1.807) is 0 Å². The Hall–Kier alpha value is -0.860. The molecule has 0 atom stereocenters. The summed E-state index contributed by atoms with van der Waals surface area (Å²) in [5.41, 5.74) is 1.26. The van der Waals surface area contributed by atoms with Gasteiger partial charge in [-0.15, -0.1) is 0 Å². The fraction of sp³-hybridized carbons (Fsp3) is 0.538. The van der Waals surface area contributed by atoms with Crippen LogP contribution >= 0.6 is 0 Å². The molecule has 1 fully saturated rings. The van der Waals surface area contributed by atoms with Crippen LogP contribution in [0.5, 0.6) is 0 Å². The van der Waals surface area contributed by atoms with Gasteiger partial charge in [0.1, 0.15) is 0 Å². The maximum atomic E-state index is 5.69. The number of rotatable bonds is 4. The zero-order chi connectivity index (χ0) is 10.3. The second kappa shape index (κ2) is 5.89. The minimum Gasteiger partial charge on any atom is -0.361 e. The van der Waals surface area contributed by atoms with Crippen molar-refractivity contribution in [2.45, 2.75) is 25.9 Å². The molecular formula is C13H19NO. The number of hydrogen-bond donors (Lipinski definition) is 0. The summed E-state index contributed by atoms with van der Waals surface area (Å²) in [6.07, 6.45) is 4.04. The lowest BCUT2D eigenvalue weighted by atomic mass is 10.1. The van der Waals surface area contributed by atoms with E-state index in [4.69, 9.17) is 4.74 Å². The number of likely N-dealkylation sites (tertiary alicyclic amines) is 1. The Morgan fingerprint density at radius 3 is 2.47 bits per heavy atom. The number of benzene rings is 1. The first kappa shape index (κ1) is 10.7. The summed E-state index contributed by atoms with van der Waals surface area (Å²) >= 11 is 0. The molecule has 1 aromatic rings. The minimum absolute atomic E-state index is 0.733. The quantitative estimate of drug-likeness (QED) is 0.749. The molecule has 0 radical (unpaired) electrons. The van der Waals surface area contributed by atoms with Crippen molar-refractivity contribution in [3.8, 4) is 0 Å².